The van der Waals surface area contributed by atoms with Crippen LogP contribution in [-0.2, 0) is 0 Å². The van der Waals surface area contributed by atoms with Crippen molar-refractivity contribution in [3.05, 3.63) is 35.1 Å². The second-order valence-corrected chi connectivity index (χ2v) is 4.93. The Balaban J connectivity index is 2.62. The highest BCUT2D eigenvalue weighted by Crippen LogP contribution is 2.34. The van der Waals surface area contributed by atoms with Gasteiger partial charge in [0.05, 0.1) is 17.8 Å². The van der Waals surface area contributed by atoms with Crippen LogP contribution in [0.2, 0.25) is 5.02 Å². The molecule has 0 aliphatic carbocycles. The van der Waals surface area contributed by atoms with Crippen molar-refractivity contribution in [2.75, 3.05) is 12.8 Å². The molecule has 2 rings (SSSR count). The number of anilines is 1. The molecule has 0 spiro atoms. The van der Waals surface area contributed by atoms with Crippen molar-refractivity contribution in [1.29, 1.82) is 0 Å². The number of nitrogens with zero attached hydrogens (tertiary/aromatic N) is 2. The minimum Gasteiger partial charge on any atom is -0.495 e. The van der Waals surface area contributed by atoms with Crippen LogP contribution < -0.4 is 10.5 Å². The molecule has 0 unspecified atom stereocenters. The molecular formula is C14H16ClN3O. The van der Waals surface area contributed by atoms with Crippen molar-refractivity contribution in [2.24, 2.45) is 0 Å². The fourth-order valence-electron chi connectivity index (χ4n) is 2.02. The molecule has 0 fully saturated rings. The molecule has 100 valence electrons. The predicted molar refractivity (Wildman–Crippen MR) is 77.5 cm³/mol. The number of benzene rings is 1. The standard InChI is InChI=1S/C14H16ClN3O/c1-8(2)12-13(17-7-18-14(12)16)9-4-5-10(15)11(6-9)19-3/h4-8H,1-3H3,(H2,16,17,18). The van der Waals surface area contributed by atoms with Crippen LogP contribution in [0.4, 0.5) is 5.82 Å². The molecule has 4 nitrogen and oxygen atoms in total. The first-order valence-corrected chi connectivity index (χ1v) is 6.36. The monoisotopic (exact) mass is 277 g/mol. The van der Waals surface area contributed by atoms with Gasteiger partial charge in [-0.15, -0.1) is 0 Å². The van der Waals surface area contributed by atoms with Crippen molar-refractivity contribution in [2.45, 2.75) is 19.8 Å². The number of rotatable bonds is 3. The molecule has 0 saturated carbocycles. The zero-order valence-electron chi connectivity index (χ0n) is 11.1. The van der Waals surface area contributed by atoms with Gasteiger partial charge in [-0.1, -0.05) is 31.5 Å². The third kappa shape index (κ3) is 2.63. The largest absolute Gasteiger partial charge is 0.495 e. The van der Waals surface area contributed by atoms with Crippen LogP contribution in [0.1, 0.15) is 25.3 Å². The summed E-state index contributed by atoms with van der Waals surface area (Å²) >= 11 is 6.03. The number of methoxy groups -OCH3 is 1. The first kappa shape index (κ1) is 13.6. The van der Waals surface area contributed by atoms with Crippen molar-refractivity contribution in [1.82, 2.24) is 9.97 Å². The highest BCUT2D eigenvalue weighted by molar-refractivity contribution is 6.32. The SMILES string of the molecule is COc1cc(-c2ncnc(N)c2C(C)C)ccc1Cl. The molecule has 0 amide bonds. The van der Waals surface area contributed by atoms with E-state index in [0.29, 0.717) is 16.6 Å². The Kier molecular flexibility index (Phi) is 3.90. The number of hydrogen-bond donors (Lipinski definition) is 1. The van der Waals surface area contributed by atoms with Gasteiger partial charge in [-0.25, -0.2) is 9.97 Å². The van der Waals surface area contributed by atoms with E-state index >= 15 is 0 Å². The molecular weight excluding hydrogens is 262 g/mol. The van der Waals surface area contributed by atoms with Crippen molar-refractivity contribution >= 4 is 17.4 Å². The van der Waals surface area contributed by atoms with Gasteiger partial charge in [0.25, 0.3) is 0 Å². The lowest BCUT2D eigenvalue weighted by molar-refractivity contribution is 0.415. The summed E-state index contributed by atoms with van der Waals surface area (Å²) in [6, 6.07) is 5.55. The van der Waals surface area contributed by atoms with E-state index in [9.17, 15) is 0 Å². The summed E-state index contributed by atoms with van der Waals surface area (Å²) in [5, 5.41) is 0.569. The van der Waals surface area contributed by atoms with E-state index in [-0.39, 0.29) is 5.92 Å². The quantitative estimate of drug-likeness (QED) is 0.932. The van der Waals surface area contributed by atoms with Gasteiger partial charge >= 0.3 is 0 Å². The molecule has 1 aromatic heterocycles. The lowest BCUT2D eigenvalue weighted by atomic mass is 9.97. The Morgan fingerprint density at radius 2 is 2.00 bits per heavy atom. The molecule has 0 saturated heterocycles. The molecule has 0 aliphatic rings. The Morgan fingerprint density at radius 3 is 2.63 bits per heavy atom. The van der Waals surface area contributed by atoms with Gasteiger partial charge in [0.2, 0.25) is 0 Å². The predicted octanol–water partition coefficient (Wildman–Crippen LogP) is 3.51. The highest BCUT2D eigenvalue weighted by atomic mass is 35.5. The van der Waals surface area contributed by atoms with E-state index in [2.05, 4.69) is 23.8 Å². The molecule has 0 bridgehead atoms. The van der Waals surface area contributed by atoms with Crippen molar-refractivity contribution in [3.8, 4) is 17.0 Å². The highest BCUT2D eigenvalue weighted by Gasteiger charge is 2.15. The smallest absolute Gasteiger partial charge is 0.138 e. The molecule has 19 heavy (non-hydrogen) atoms. The number of aromatic nitrogens is 2. The van der Waals surface area contributed by atoms with Gasteiger partial charge in [0.1, 0.15) is 17.9 Å². The maximum absolute atomic E-state index is 6.03. The van der Waals surface area contributed by atoms with Gasteiger partial charge in [-0.3, -0.25) is 0 Å². The van der Waals surface area contributed by atoms with Gasteiger partial charge < -0.3 is 10.5 Å². The molecule has 2 aromatic rings. The van der Waals surface area contributed by atoms with E-state index in [1.54, 1.807) is 13.2 Å². The molecule has 0 atom stereocenters. The fraction of sp³-hybridized carbons (Fsp3) is 0.286. The first-order valence-electron chi connectivity index (χ1n) is 5.99. The zero-order valence-corrected chi connectivity index (χ0v) is 11.9. The summed E-state index contributed by atoms with van der Waals surface area (Å²) < 4.78 is 5.23. The molecule has 5 heteroatoms. The number of ether oxygens (including phenoxy) is 1. The van der Waals surface area contributed by atoms with E-state index in [1.807, 2.05) is 12.1 Å². The minimum absolute atomic E-state index is 0.234. The third-order valence-electron chi connectivity index (χ3n) is 2.92. The van der Waals surface area contributed by atoms with Crippen LogP contribution in [0, 0.1) is 0 Å². The van der Waals surface area contributed by atoms with E-state index < -0.39 is 0 Å². The third-order valence-corrected chi connectivity index (χ3v) is 3.23. The van der Waals surface area contributed by atoms with Gasteiger partial charge in [-0.05, 0) is 18.1 Å². The summed E-state index contributed by atoms with van der Waals surface area (Å²) in [5.74, 6) is 1.36. The maximum Gasteiger partial charge on any atom is 0.138 e. The summed E-state index contributed by atoms with van der Waals surface area (Å²) in [4.78, 5) is 8.40. The number of nitrogen functional groups attached to an aromatic ring is 1. The first-order chi connectivity index (χ1) is 9.04. The molecule has 2 N–H and O–H groups in total. The fourth-order valence-corrected chi connectivity index (χ4v) is 2.21. The number of hydrogen-bond acceptors (Lipinski definition) is 4. The lowest BCUT2D eigenvalue weighted by Crippen LogP contribution is -2.04. The molecule has 1 heterocycles. The summed E-state index contributed by atoms with van der Waals surface area (Å²) in [6.07, 6.45) is 1.47. The molecule has 0 aliphatic heterocycles. The lowest BCUT2D eigenvalue weighted by Gasteiger charge is -2.14. The second-order valence-electron chi connectivity index (χ2n) is 4.53. The van der Waals surface area contributed by atoms with Crippen LogP contribution in [0.15, 0.2) is 24.5 Å². The van der Waals surface area contributed by atoms with Crippen LogP contribution in [0.5, 0.6) is 5.75 Å². The van der Waals surface area contributed by atoms with Crippen LogP contribution >= 0.6 is 11.6 Å². The minimum atomic E-state index is 0.234. The van der Waals surface area contributed by atoms with Crippen LogP contribution in [0.25, 0.3) is 11.3 Å². The number of nitrogens with two attached hydrogens (primary N) is 1. The second kappa shape index (κ2) is 5.45. The van der Waals surface area contributed by atoms with Gasteiger partial charge in [0, 0.05) is 11.1 Å². The summed E-state index contributed by atoms with van der Waals surface area (Å²) in [5.41, 5.74) is 8.62. The van der Waals surface area contributed by atoms with E-state index in [4.69, 9.17) is 22.1 Å². The van der Waals surface area contributed by atoms with Crippen molar-refractivity contribution < 1.29 is 4.74 Å². The Bertz CT molecular complexity index is 599. The van der Waals surface area contributed by atoms with Crippen LogP contribution in [-0.4, -0.2) is 17.1 Å². The average Bonchev–Trinajstić information content (AvgIpc) is 2.38. The normalized spacial score (nSPS) is 10.8. The van der Waals surface area contributed by atoms with Crippen molar-refractivity contribution in [3.63, 3.8) is 0 Å². The van der Waals surface area contributed by atoms with E-state index in [1.165, 1.54) is 6.33 Å². The molecule has 1 aromatic carbocycles. The van der Waals surface area contributed by atoms with Crippen LogP contribution in [0.3, 0.4) is 0 Å². The number of halogens is 1. The Labute approximate surface area is 117 Å². The average molecular weight is 278 g/mol. The topological polar surface area (TPSA) is 61.0 Å². The van der Waals surface area contributed by atoms with E-state index in [0.717, 1.165) is 16.8 Å². The maximum atomic E-state index is 6.03. The van der Waals surface area contributed by atoms with Gasteiger partial charge in [-0.2, -0.15) is 0 Å². The zero-order chi connectivity index (χ0) is 14.0. The molecule has 0 radical (unpaired) electrons. The Morgan fingerprint density at radius 1 is 1.26 bits per heavy atom. The summed E-state index contributed by atoms with van der Waals surface area (Å²) in [7, 11) is 1.59. The Hall–Kier alpha value is -1.81. The van der Waals surface area contributed by atoms with Gasteiger partial charge in [0.15, 0.2) is 0 Å². The summed E-state index contributed by atoms with van der Waals surface area (Å²) in [6.45, 7) is 4.12.